The van der Waals surface area contributed by atoms with Gasteiger partial charge in [-0.25, -0.2) is 4.79 Å². The number of esters is 2. The Labute approximate surface area is 303 Å². The van der Waals surface area contributed by atoms with E-state index in [1.807, 2.05) is 19.9 Å². The molecule has 0 saturated heterocycles. The Balaban J connectivity index is 2.00. The molecule has 2 N–H and O–H groups in total. The first kappa shape index (κ1) is 40.3. The van der Waals surface area contributed by atoms with Crippen LogP contribution in [0, 0.1) is 17.3 Å². The molecule has 0 fully saturated rings. The second-order valence-electron chi connectivity index (χ2n) is 13.3. The van der Waals surface area contributed by atoms with Gasteiger partial charge in [0.25, 0.3) is 6.47 Å². The van der Waals surface area contributed by atoms with E-state index in [0.29, 0.717) is 21.9 Å². The van der Waals surface area contributed by atoms with Crippen molar-refractivity contribution in [3.63, 3.8) is 0 Å². The number of amides is 2. The average Bonchev–Trinajstić information content (AvgIpc) is 3.07. The Morgan fingerprint density at radius 2 is 1.74 bits per heavy atom. The van der Waals surface area contributed by atoms with Gasteiger partial charge in [-0.15, -0.1) is 11.6 Å². The number of nitrogens with one attached hydrogen (secondary N) is 2. The van der Waals surface area contributed by atoms with Crippen LogP contribution in [0.25, 0.3) is 0 Å². The zero-order valence-electron chi connectivity index (χ0n) is 29.2. The monoisotopic (exact) mass is 732 g/mol. The summed E-state index contributed by atoms with van der Waals surface area (Å²) in [5, 5.41) is 4.99. The minimum absolute atomic E-state index is 0.00374. The molecule has 272 valence electrons. The molecule has 1 aliphatic heterocycles. The summed E-state index contributed by atoms with van der Waals surface area (Å²) in [5.41, 5.74) is 0.0663. The molecule has 0 saturated carbocycles. The molecule has 0 aliphatic carbocycles. The molecule has 6 atom stereocenters. The molecule has 2 aromatic rings. The standard InChI is InChI=1S/C37H46Cl2N2O9/c1-22(2)17-30-35(45)49-28(23(3)33(48-21-42)32(39)25-11-8-7-9-12-25)13-10-14-31(43)41-27(19-24-15-16-29(47-6)26(38)18-24)34(44)40-20-37(4,5)36(46)50-30/h7-12,14-16,18,21-23,27-28,30,32-33H,13,17,19-20H2,1-6H3,(H,40,44)(H,41,43)/b14-10+/t23-,27+,28-,30-,32-,33+/m0/s1. The minimum atomic E-state index is -1.27. The lowest BCUT2D eigenvalue weighted by atomic mass is 9.90. The van der Waals surface area contributed by atoms with Crippen molar-refractivity contribution in [3.05, 3.63) is 76.8 Å². The van der Waals surface area contributed by atoms with Crippen LogP contribution in [0.2, 0.25) is 5.02 Å². The molecule has 3 rings (SSSR count). The van der Waals surface area contributed by atoms with E-state index < -0.39 is 64.8 Å². The SMILES string of the molecule is COc1ccc(C[C@H]2NC(=O)/C=C/C[C@@H]([C@H](C)[C@@H](OC=O)[C@@H](Cl)c3ccccc3)OC(=O)[C@H](CC(C)C)OC(=O)C(C)(C)CNC2=O)cc1Cl. The number of cyclic esters (lactones) is 2. The van der Waals surface area contributed by atoms with Gasteiger partial charge in [0.15, 0.2) is 6.10 Å². The number of halogens is 2. The van der Waals surface area contributed by atoms with Crippen molar-refractivity contribution < 1.29 is 42.9 Å². The predicted molar refractivity (Wildman–Crippen MR) is 189 cm³/mol. The Kier molecular flexibility index (Phi) is 15.1. The van der Waals surface area contributed by atoms with Gasteiger partial charge in [0, 0.05) is 25.3 Å². The molecule has 11 nitrogen and oxygen atoms in total. The van der Waals surface area contributed by atoms with Crippen LogP contribution in [0.1, 0.15) is 64.0 Å². The van der Waals surface area contributed by atoms with Crippen LogP contribution in [0.15, 0.2) is 60.7 Å². The predicted octanol–water partition coefficient (Wildman–Crippen LogP) is 5.51. The molecule has 2 amide bonds. The Morgan fingerprint density at radius 3 is 2.36 bits per heavy atom. The smallest absolute Gasteiger partial charge is 0.347 e. The van der Waals surface area contributed by atoms with Crippen molar-refractivity contribution in [1.29, 1.82) is 0 Å². The summed E-state index contributed by atoms with van der Waals surface area (Å²) in [6.07, 6.45) is -0.230. The zero-order valence-corrected chi connectivity index (χ0v) is 30.7. The highest BCUT2D eigenvalue weighted by molar-refractivity contribution is 6.32. The first-order chi connectivity index (χ1) is 23.7. The highest BCUT2D eigenvalue weighted by atomic mass is 35.5. The van der Waals surface area contributed by atoms with Crippen LogP contribution in [0.4, 0.5) is 0 Å². The number of rotatable bonds is 11. The third kappa shape index (κ3) is 11.5. The van der Waals surface area contributed by atoms with E-state index in [-0.39, 0.29) is 38.2 Å². The number of carbonyl (C=O) groups excluding carboxylic acids is 5. The van der Waals surface area contributed by atoms with Gasteiger partial charge in [-0.3, -0.25) is 19.2 Å². The number of carbonyl (C=O) groups is 5. The number of hydrogen-bond acceptors (Lipinski definition) is 9. The molecule has 0 unspecified atom stereocenters. The van der Waals surface area contributed by atoms with Crippen molar-refractivity contribution in [2.45, 2.75) is 83.6 Å². The van der Waals surface area contributed by atoms with E-state index in [2.05, 4.69) is 10.6 Å². The molecule has 0 bridgehead atoms. The molecule has 0 aromatic heterocycles. The topological polar surface area (TPSA) is 146 Å². The Bertz CT molecular complexity index is 1520. The maximum absolute atomic E-state index is 13.7. The van der Waals surface area contributed by atoms with Crippen molar-refractivity contribution >= 4 is 53.4 Å². The van der Waals surface area contributed by atoms with E-state index in [9.17, 15) is 24.0 Å². The Hall–Kier alpha value is -4.09. The van der Waals surface area contributed by atoms with Crippen molar-refractivity contribution in [2.75, 3.05) is 13.7 Å². The Morgan fingerprint density at radius 1 is 1.04 bits per heavy atom. The lowest BCUT2D eigenvalue weighted by Gasteiger charge is -2.33. The molecule has 1 aliphatic rings. The maximum atomic E-state index is 13.7. The fraction of sp³-hybridized carbons (Fsp3) is 0.486. The second-order valence-corrected chi connectivity index (χ2v) is 14.2. The van der Waals surface area contributed by atoms with Crippen LogP contribution in [-0.4, -0.2) is 68.2 Å². The van der Waals surface area contributed by atoms with Gasteiger partial charge in [-0.1, -0.05) is 74.8 Å². The van der Waals surface area contributed by atoms with E-state index in [4.69, 9.17) is 42.1 Å². The average molecular weight is 734 g/mol. The largest absolute Gasteiger partial charge is 0.495 e. The third-order valence-electron chi connectivity index (χ3n) is 8.37. The number of ether oxygens (including phenoxy) is 4. The van der Waals surface area contributed by atoms with Gasteiger partial charge in [0.2, 0.25) is 11.8 Å². The van der Waals surface area contributed by atoms with Gasteiger partial charge in [-0.2, -0.15) is 0 Å². The summed E-state index contributed by atoms with van der Waals surface area (Å²) in [7, 11) is 1.49. The van der Waals surface area contributed by atoms with Crippen molar-refractivity contribution in [3.8, 4) is 5.75 Å². The fourth-order valence-electron chi connectivity index (χ4n) is 5.38. The second kappa shape index (κ2) is 18.8. The molecule has 50 heavy (non-hydrogen) atoms. The van der Waals surface area contributed by atoms with Gasteiger partial charge >= 0.3 is 11.9 Å². The summed E-state index contributed by atoms with van der Waals surface area (Å²) < 4.78 is 22.4. The quantitative estimate of drug-likeness (QED) is 0.132. The highest BCUT2D eigenvalue weighted by Crippen LogP contribution is 2.34. The molecule has 2 aromatic carbocycles. The van der Waals surface area contributed by atoms with Gasteiger partial charge in [0.05, 0.1) is 22.9 Å². The van der Waals surface area contributed by atoms with Gasteiger partial charge in [0.1, 0.15) is 24.0 Å². The molecule has 1 heterocycles. The third-order valence-corrected chi connectivity index (χ3v) is 9.17. The van der Waals surface area contributed by atoms with Gasteiger partial charge < -0.3 is 29.6 Å². The summed E-state index contributed by atoms with van der Waals surface area (Å²) in [6.45, 7) is 8.74. The number of hydrogen-bond donors (Lipinski definition) is 2. The van der Waals surface area contributed by atoms with Crippen LogP contribution in [0.3, 0.4) is 0 Å². The lowest BCUT2D eigenvalue weighted by molar-refractivity contribution is -0.180. The van der Waals surface area contributed by atoms with E-state index in [0.717, 1.165) is 0 Å². The molecule has 13 heteroatoms. The van der Waals surface area contributed by atoms with Crippen molar-refractivity contribution in [2.24, 2.45) is 17.3 Å². The van der Waals surface area contributed by atoms with Gasteiger partial charge in [-0.05, 0) is 55.5 Å². The molecular weight excluding hydrogens is 687 g/mol. The first-order valence-electron chi connectivity index (χ1n) is 16.4. The molecule has 0 spiro atoms. The highest BCUT2D eigenvalue weighted by Gasteiger charge is 2.39. The van der Waals surface area contributed by atoms with E-state index in [1.165, 1.54) is 19.3 Å². The van der Waals surface area contributed by atoms with Crippen LogP contribution < -0.4 is 15.4 Å². The molecular formula is C37H46Cl2N2O9. The zero-order chi connectivity index (χ0) is 37.0. The van der Waals surface area contributed by atoms with Crippen LogP contribution >= 0.6 is 23.2 Å². The summed E-state index contributed by atoms with van der Waals surface area (Å²) in [4.78, 5) is 65.5. The molecule has 0 radical (unpaired) electrons. The summed E-state index contributed by atoms with van der Waals surface area (Å²) in [6, 6.07) is 13.0. The summed E-state index contributed by atoms with van der Waals surface area (Å²) >= 11 is 13.1. The lowest BCUT2D eigenvalue weighted by Crippen LogP contribution is -2.51. The van der Waals surface area contributed by atoms with Crippen LogP contribution in [0.5, 0.6) is 5.75 Å². The normalized spacial score (nSPS) is 22.9. The number of benzene rings is 2. The van der Waals surface area contributed by atoms with Crippen molar-refractivity contribution in [1.82, 2.24) is 10.6 Å². The van der Waals surface area contributed by atoms with E-state index in [1.54, 1.807) is 63.2 Å². The minimum Gasteiger partial charge on any atom is -0.495 e. The van der Waals surface area contributed by atoms with E-state index >= 15 is 0 Å². The number of methoxy groups -OCH3 is 1. The fourth-order valence-corrected chi connectivity index (χ4v) is 6.10. The number of alkyl halides is 1. The summed E-state index contributed by atoms with van der Waals surface area (Å²) in [5.74, 6) is -2.96. The first-order valence-corrected chi connectivity index (χ1v) is 17.2. The van der Waals surface area contributed by atoms with Crippen LogP contribution in [-0.2, 0) is 44.6 Å². The maximum Gasteiger partial charge on any atom is 0.347 e.